The molecule has 1 aromatic carbocycles. The maximum atomic E-state index is 12.5. The fourth-order valence-corrected chi connectivity index (χ4v) is 1.36. The molecule has 0 aliphatic rings. The van der Waals surface area contributed by atoms with Gasteiger partial charge in [-0.2, -0.15) is 13.2 Å². The van der Waals surface area contributed by atoms with Crippen LogP contribution in [0.25, 0.3) is 11.3 Å². The Hall–Kier alpha value is -2.31. The number of hydrogen-bond donors (Lipinski definition) is 1. The van der Waals surface area contributed by atoms with E-state index in [9.17, 15) is 18.0 Å². The van der Waals surface area contributed by atoms with Gasteiger partial charge in [-0.15, -0.1) is 0 Å². The SMILES string of the molecule is O=C(O)c1cc(-c2cccc(C(F)(F)F)c2)on1. The summed E-state index contributed by atoms with van der Waals surface area (Å²) in [7, 11) is 0. The molecule has 4 nitrogen and oxygen atoms in total. The van der Waals surface area contributed by atoms with Crippen LogP contribution in [0.5, 0.6) is 0 Å². The van der Waals surface area contributed by atoms with E-state index in [2.05, 4.69) is 9.68 Å². The van der Waals surface area contributed by atoms with E-state index in [4.69, 9.17) is 5.11 Å². The second kappa shape index (κ2) is 4.17. The topological polar surface area (TPSA) is 63.3 Å². The summed E-state index contributed by atoms with van der Waals surface area (Å²) >= 11 is 0. The highest BCUT2D eigenvalue weighted by atomic mass is 19.4. The molecule has 94 valence electrons. The molecule has 0 aliphatic carbocycles. The van der Waals surface area contributed by atoms with Crippen molar-refractivity contribution in [2.75, 3.05) is 0 Å². The second-order valence-electron chi connectivity index (χ2n) is 3.46. The molecular weight excluding hydrogens is 251 g/mol. The van der Waals surface area contributed by atoms with Crippen molar-refractivity contribution in [3.63, 3.8) is 0 Å². The Balaban J connectivity index is 2.41. The van der Waals surface area contributed by atoms with Crippen molar-refractivity contribution in [2.24, 2.45) is 0 Å². The van der Waals surface area contributed by atoms with Crippen LogP contribution in [-0.4, -0.2) is 16.2 Å². The van der Waals surface area contributed by atoms with E-state index in [1.54, 1.807) is 0 Å². The van der Waals surface area contributed by atoms with Gasteiger partial charge in [0, 0.05) is 11.6 Å². The number of aromatic nitrogens is 1. The van der Waals surface area contributed by atoms with Crippen LogP contribution in [0.1, 0.15) is 16.1 Å². The van der Waals surface area contributed by atoms with E-state index in [1.165, 1.54) is 12.1 Å². The Labute approximate surface area is 98.6 Å². The van der Waals surface area contributed by atoms with Gasteiger partial charge in [-0.1, -0.05) is 17.3 Å². The highest BCUT2D eigenvalue weighted by molar-refractivity contribution is 5.86. The number of halogens is 3. The summed E-state index contributed by atoms with van der Waals surface area (Å²) in [5, 5.41) is 11.9. The lowest BCUT2D eigenvalue weighted by Crippen LogP contribution is -2.04. The normalized spacial score (nSPS) is 11.5. The third-order valence-corrected chi connectivity index (χ3v) is 2.20. The quantitative estimate of drug-likeness (QED) is 0.897. The number of rotatable bonds is 2. The summed E-state index contributed by atoms with van der Waals surface area (Å²) in [6, 6.07) is 5.43. The highest BCUT2D eigenvalue weighted by Crippen LogP contribution is 2.32. The van der Waals surface area contributed by atoms with Crippen molar-refractivity contribution in [2.45, 2.75) is 6.18 Å². The third kappa shape index (κ3) is 2.34. The van der Waals surface area contributed by atoms with E-state index in [-0.39, 0.29) is 17.0 Å². The molecule has 1 aromatic heterocycles. The van der Waals surface area contributed by atoms with Crippen LogP contribution < -0.4 is 0 Å². The molecule has 0 unspecified atom stereocenters. The fourth-order valence-electron chi connectivity index (χ4n) is 1.36. The zero-order valence-electron chi connectivity index (χ0n) is 8.73. The number of hydrogen-bond acceptors (Lipinski definition) is 3. The maximum absolute atomic E-state index is 12.5. The number of carboxylic acids is 1. The summed E-state index contributed by atoms with van der Waals surface area (Å²) < 4.78 is 42.1. The predicted octanol–water partition coefficient (Wildman–Crippen LogP) is 3.06. The van der Waals surface area contributed by atoms with Gasteiger partial charge in [-0.25, -0.2) is 4.79 Å². The highest BCUT2D eigenvalue weighted by Gasteiger charge is 2.30. The molecule has 0 atom stereocenters. The smallest absolute Gasteiger partial charge is 0.416 e. The van der Waals surface area contributed by atoms with Gasteiger partial charge in [0.15, 0.2) is 11.5 Å². The molecule has 0 fully saturated rings. The molecule has 0 aliphatic heterocycles. The lowest BCUT2D eigenvalue weighted by molar-refractivity contribution is -0.137. The lowest BCUT2D eigenvalue weighted by Gasteiger charge is -2.06. The van der Waals surface area contributed by atoms with E-state index in [0.29, 0.717) is 0 Å². The minimum Gasteiger partial charge on any atom is -0.476 e. The molecule has 0 saturated carbocycles. The summed E-state index contributed by atoms with van der Waals surface area (Å²) in [6.45, 7) is 0. The van der Waals surface area contributed by atoms with Gasteiger partial charge in [0.2, 0.25) is 0 Å². The Kier molecular flexibility index (Phi) is 2.82. The first-order valence-corrected chi connectivity index (χ1v) is 4.75. The van der Waals surface area contributed by atoms with Crippen molar-refractivity contribution in [3.8, 4) is 11.3 Å². The van der Waals surface area contributed by atoms with Gasteiger partial charge in [0.25, 0.3) is 0 Å². The largest absolute Gasteiger partial charge is 0.476 e. The van der Waals surface area contributed by atoms with Crippen LogP contribution in [0, 0.1) is 0 Å². The van der Waals surface area contributed by atoms with Crippen LogP contribution in [0.4, 0.5) is 13.2 Å². The van der Waals surface area contributed by atoms with Gasteiger partial charge in [-0.05, 0) is 12.1 Å². The first-order chi connectivity index (χ1) is 8.38. The molecule has 0 spiro atoms. The molecular formula is C11H6F3NO3. The first-order valence-electron chi connectivity index (χ1n) is 4.75. The van der Waals surface area contributed by atoms with Crippen molar-refractivity contribution in [3.05, 3.63) is 41.6 Å². The number of benzene rings is 1. The van der Waals surface area contributed by atoms with Crippen LogP contribution in [0.2, 0.25) is 0 Å². The molecule has 1 N–H and O–H groups in total. The van der Waals surface area contributed by atoms with Crippen LogP contribution in [0.15, 0.2) is 34.9 Å². The van der Waals surface area contributed by atoms with Gasteiger partial charge < -0.3 is 9.63 Å². The molecule has 2 aromatic rings. The van der Waals surface area contributed by atoms with E-state index >= 15 is 0 Å². The first kappa shape index (κ1) is 12.2. The zero-order valence-corrected chi connectivity index (χ0v) is 8.73. The van der Waals surface area contributed by atoms with Gasteiger partial charge in [-0.3, -0.25) is 0 Å². The molecule has 0 bridgehead atoms. The van der Waals surface area contributed by atoms with Crippen molar-refractivity contribution < 1.29 is 27.6 Å². The third-order valence-electron chi connectivity index (χ3n) is 2.20. The Morgan fingerprint density at radius 2 is 2.00 bits per heavy atom. The predicted molar refractivity (Wildman–Crippen MR) is 53.9 cm³/mol. The van der Waals surface area contributed by atoms with Crippen LogP contribution in [0.3, 0.4) is 0 Å². The van der Waals surface area contributed by atoms with Crippen molar-refractivity contribution in [1.82, 2.24) is 5.16 Å². The van der Waals surface area contributed by atoms with Gasteiger partial charge >= 0.3 is 12.1 Å². The van der Waals surface area contributed by atoms with E-state index < -0.39 is 17.7 Å². The zero-order chi connectivity index (χ0) is 13.3. The average molecular weight is 257 g/mol. The fraction of sp³-hybridized carbons (Fsp3) is 0.0909. The number of aromatic carboxylic acids is 1. The molecule has 0 amide bonds. The Morgan fingerprint density at radius 3 is 2.56 bits per heavy atom. The summed E-state index contributed by atoms with van der Waals surface area (Å²) in [5.41, 5.74) is -1.08. The van der Waals surface area contributed by atoms with E-state index in [0.717, 1.165) is 18.2 Å². The number of carbonyl (C=O) groups is 1. The number of carboxylic acid groups (broad SMARTS) is 1. The number of alkyl halides is 3. The van der Waals surface area contributed by atoms with Crippen LogP contribution in [-0.2, 0) is 6.18 Å². The van der Waals surface area contributed by atoms with Gasteiger partial charge in [0.05, 0.1) is 5.56 Å². The molecule has 0 radical (unpaired) electrons. The maximum Gasteiger partial charge on any atom is 0.416 e. The molecule has 18 heavy (non-hydrogen) atoms. The summed E-state index contributed by atoms with van der Waals surface area (Å²) in [5.74, 6) is -1.34. The van der Waals surface area contributed by atoms with Gasteiger partial charge in [0.1, 0.15) is 0 Å². The summed E-state index contributed by atoms with van der Waals surface area (Å²) in [6.07, 6.45) is -4.47. The number of nitrogens with zero attached hydrogens (tertiary/aromatic N) is 1. The molecule has 0 saturated heterocycles. The molecule has 7 heteroatoms. The van der Waals surface area contributed by atoms with Crippen molar-refractivity contribution >= 4 is 5.97 Å². The Morgan fingerprint density at radius 1 is 1.28 bits per heavy atom. The minimum atomic E-state index is -4.47. The standard InChI is InChI=1S/C11H6F3NO3/c12-11(13,14)7-3-1-2-6(4-7)9-5-8(10(16)17)15-18-9/h1-5H,(H,16,17). The Bertz CT molecular complexity index is 589. The summed E-state index contributed by atoms with van der Waals surface area (Å²) in [4.78, 5) is 10.6. The van der Waals surface area contributed by atoms with Crippen molar-refractivity contribution in [1.29, 1.82) is 0 Å². The molecule has 2 rings (SSSR count). The lowest BCUT2D eigenvalue weighted by atomic mass is 10.1. The van der Waals surface area contributed by atoms with E-state index in [1.807, 2.05) is 0 Å². The van der Waals surface area contributed by atoms with Crippen LogP contribution >= 0.6 is 0 Å². The molecule has 1 heterocycles. The monoisotopic (exact) mass is 257 g/mol. The average Bonchev–Trinajstić information content (AvgIpc) is 2.77. The second-order valence-corrected chi connectivity index (χ2v) is 3.46. The minimum absolute atomic E-state index is 0.0292.